The largest absolute Gasteiger partial charge is 0.448 e. The number of ether oxygens (including phenoxy) is 1. The smallest absolute Gasteiger partial charge is 0.410 e. The molecule has 1 amide bonds. The lowest BCUT2D eigenvalue weighted by molar-refractivity contribution is 0.0981. The highest BCUT2D eigenvalue weighted by molar-refractivity contribution is 5.97. The van der Waals surface area contributed by atoms with E-state index in [1.807, 2.05) is 24.3 Å². The molecule has 0 N–H and O–H groups in total. The van der Waals surface area contributed by atoms with Crippen LogP contribution in [0.25, 0.3) is 0 Å². The highest BCUT2D eigenvalue weighted by Gasteiger charge is 2.23. The molecule has 2 rings (SSSR count). The molecule has 1 aromatic carbocycles. The molecule has 4 heteroatoms. The van der Waals surface area contributed by atoms with Crippen LogP contribution >= 0.6 is 0 Å². The minimum absolute atomic E-state index is 0.0862. The van der Waals surface area contributed by atoms with E-state index in [1.54, 1.807) is 11.0 Å². The van der Waals surface area contributed by atoms with Crippen molar-refractivity contribution < 1.29 is 14.3 Å². The van der Waals surface area contributed by atoms with Gasteiger partial charge in [0.25, 0.3) is 0 Å². The van der Waals surface area contributed by atoms with Crippen LogP contribution < -0.4 is 0 Å². The third-order valence-corrected chi connectivity index (χ3v) is 3.10. The monoisotopic (exact) mass is 259 g/mol. The molecule has 19 heavy (non-hydrogen) atoms. The Morgan fingerprint density at radius 2 is 2.21 bits per heavy atom. The Morgan fingerprint density at radius 1 is 1.42 bits per heavy atom. The number of cyclic esters (lactones) is 1. The van der Waals surface area contributed by atoms with Gasteiger partial charge in [-0.05, 0) is 12.0 Å². The molecule has 0 unspecified atom stereocenters. The van der Waals surface area contributed by atoms with E-state index < -0.39 is 0 Å². The van der Waals surface area contributed by atoms with Crippen LogP contribution in [-0.2, 0) is 11.3 Å². The number of amides is 1. The molecule has 4 nitrogen and oxygen atoms in total. The Bertz CT molecular complexity index is 496. The maximum absolute atomic E-state index is 12.1. The van der Waals surface area contributed by atoms with Crippen LogP contribution in [0.2, 0.25) is 0 Å². The van der Waals surface area contributed by atoms with Gasteiger partial charge in [0.1, 0.15) is 6.61 Å². The second-order valence-electron chi connectivity index (χ2n) is 4.44. The predicted octanol–water partition coefficient (Wildman–Crippen LogP) is 2.79. The van der Waals surface area contributed by atoms with Crippen molar-refractivity contribution in [2.45, 2.75) is 19.4 Å². The lowest BCUT2D eigenvalue weighted by Crippen LogP contribution is -2.24. The van der Waals surface area contributed by atoms with Gasteiger partial charge in [-0.1, -0.05) is 30.3 Å². The van der Waals surface area contributed by atoms with E-state index in [0.29, 0.717) is 38.1 Å². The number of carbonyl (C=O) groups excluding carboxylic acids is 2. The first kappa shape index (κ1) is 13.3. The molecule has 0 spiro atoms. The van der Waals surface area contributed by atoms with Crippen molar-refractivity contribution in [2.24, 2.45) is 0 Å². The second-order valence-corrected chi connectivity index (χ2v) is 4.44. The zero-order chi connectivity index (χ0) is 13.7. The normalized spacial score (nSPS) is 14.3. The fourth-order valence-corrected chi connectivity index (χ4v) is 2.07. The lowest BCUT2D eigenvalue weighted by atomic mass is 10.0. The molecule has 1 saturated heterocycles. The van der Waals surface area contributed by atoms with Crippen LogP contribution in [0.1, 0.15) is 28.8 Å². The molecular formula is C15H17NO3. The maximum atomic E-state index is 12.1. The molecular weight excluding hydrogens is 242 g/mol. The summed E-state index contributed by atoms with van der Waals surface area (Å²) in [6.07, 6.45) is 2.54. The summed E-state index contributed by atoms with van der Waals surface area (Å²) in [5.41, 5.74) is 1.56. The average Bonchev–Trinajstić information content (AvgIpc) is 2.82. The van der Waals surface area contributed by atoms with Gasteiger partial charge in [-0.2, -0.15) is 0 Å². The minimum Gasteiger partial charge on any atom is -0.448 e. The summed E-state index contributed by atoms with van der Waals surface area (Å²) in [5, 5.41) is 0. The fourth-order valence-electron chi connectivity index (χ4n) is 2.07. The van der Waals surface area contributed by atoms with Crippen molar-refractivity contribution >= 4 is 11.9 Å². The zero-order valence-electron chi connectivity index (χ0n) is 10.8. The summed E-state index contributed by atoms with van der Waals surface area (Å²) in [6, 6.07) is 7.41. The fraction of sp³-hybridized carbons (Fsp3) is 0.333. The van der Waals surface area contributed by atoms with E-state index in [-0.39, 0.29) is 11.9 Å². The van der Waals surface area contributed by atoms with Crippen LogP contribution in [0.5, 0.6) is 0 Å². The van der Waals surface area contributed by atoms with Crippen molar-refractivity contribution in [3.63, 3.8) is 0 Å². The third-order valence-electron chi connectivity index (χ3n) is 3.10. The standard InChI is InChI=1S/C15H17NO3/c1-2-3-8-14(17)13-7-5-4-6-12(13)11-16-9-10-19-15(16)18/h2,4-7H,1,3,8-11H2. The summed E-state index contributed by atoms with van der Waals surface area (Å²) in [5.74, 6) is 0.0862. The van der Waals surface area contributed by atoms with E-state index in [0.717, 1.165) is 5.56 Å². The summed E-state index contributed by atoms with van der Waals surface area (Å²) in [7, 11) is 0. The van der Waals surface area contributed by atoms with Crippen LogP contribution in [0.4, 0.5) is 4.79 Å². The Labute approximate surface area is 112 Å². The van der Waals surface area contributed by atoms with Gasteiger partial charge in [0.15, 0.2) is 5.78 Å². The van der Waals surface area contributed by atoms with Crippen LogP contribution in [0, 0.1) is 0 Å². The highest BCUT2D eigenvalue weighted by atomic mass is 16.6. The number of ketones is 1. The van der Waals surface area contributed by atoms with E-state index in [4.69, 9.17) is 4.74 Å². The van der Waals surface area contributed by atoms with E-state index in [9.17, 15) is 9.59 Å². The highest BCUT2D eigenvalue weighted by Crippen LogP contribution is 2.17. The molecule has 1 aliphatic rings. The summed E-state index contributed by atoms with van der Waals surface area (Å²) >= 11 is 0. The van der Waals surface area contributed by atoms with Crippen molar-refractivity contribution in [3.8, 4) is 0 Å². The molecule has 0 aliphatic carbocycles. The molecule has 0 atom stereocenters. The average molecular weight is 259 g/mol. The SMILES string of the molecule is C=CCCC(=O)c1ccccc1CN1CCOC1=O. The molecule has 0 saturated carbocycles. The van der Waals surface area contributed by atoms with E-state index in [2.05, 4.69) is 6.58 Å². The molecule has 0 radical (unpaired) electrons. The number of hydrogen-bond acceptors (Lipinski definition) is 3. The van der Waals surface area contributed by atoms with Crippen molar-refractivity contribution in [1.29, 1.82) is 0 Å². The second kappa shape index (κ2) is 6.18. The first-order chi connectivity index (χ1) is 9.22. The molecule has 1 aromatic rings. The molecule has 1 aliphatic heterocycles. The van der Waals surface area contributed by atoms with E-state index >= 15 is 0 Å². The first-order valence-electron chi connectivity index (χ1n) is 6.36. The summed E-state index contributed by atoms with van der Waals surface area (Å²) in [4.78, 5) is 25.1. The molecule has 0 aromatic heterocycles. The van der Waals surface area contributed by atoms with Gasteiger partial charge in [0.2, 0.25) is 0 Å². The first-order valence-corrected chi connectivity index (χ1v) is 6.36. The summed E-state index contributed by atoms with van der Waals surface area (Å²) < 4.78 is 4.89. The Hall–Kier alpha value is -2.10. The van der Waals surface area contributed by atoms with E-state index in [1.165, 1.54) is 0 Å². The Balaban J connectivity index is 2.13. The number of carbonyl (C=O) groups is 2. The van der Waals surface area contributed by atoms with Crippen LogP contribution in [-0.4, -0.2) is 29.9 Å². The van der Waals surface area contributed by atoms with Crippen LogP contribution in [0.3, 0.4) is 0 Å². The number of rotatable bonds is 6. The number of nitrogens with zero attached hydrogens (tertiary/aromatic N) is 1. The van der Waals surface area contributed by atoms with Gasteiger partial charge < -0.3 is 9.64 Å². The van der Waals surface area contributed by atoms with Gasteiger partial charge in [-0.3, -0.25) is 4.79 Å². The Kier molecular flexibility index (Phi) is 4.34. The molecule has 100 valence electrons. The number of allylic oxidation sites excluding steroid dienone is 1. The topological polar surface area (TPSA) is 46.6 Å². The summed E-state index contributed by atoms with van der Waals surface area (Å²) in [6.45, 7) is 5.05. The van der Waals surface area contributed by atoms with Crippen LogP contribution in [0.15, 0.2) is 36.9 Å². The molecule has 1 fully saturated rings. The van der Waals surface area contributed by atoms with Crippen molar-refractivity contribution in [2.75, 3.05) is 13.2 Å². The van der Waals surface area contributed by atoms with Gasteiger partial charge >= 0.3 is 6.09 Å². The number of benzene rings is 1. The molecule has 0 bridgehead atoms. The van der Waals surface area contributed by atoms with Crippen molar-refractivity contribution in [1.82, 2.24) is 4.90 Å². The quantitative estimate of drug-likeness (QED) is 0.583. The number of Topliss-reactive ketones (excluding diaryl/α,β-unsaturated/α-hetero) is 1. The van der Waals surface area contributed by atoms with Gasteiger partial charge in [-0.25, -0.2) is 4.79 Å². The Morgan fingerprint density at radius 3 is 2.89 bits per heavy atom. The lowest BCUT2D eigenvalue weighted by Gasteiger charge is -2.15. The minimum atomic E-state index is -0.312. The van der Waals surface area contributed by atoms with Gasteiger partial charge in [-0.15, -0.1) is 6.58 Å². The predicted molar refractivity (Wildman–Crippen MR) is 72.0 cm³/mol. The molecule has 1 heterocycles. The third kappa shape index (κ3) is 3.22. The number of hydrogen-bond donors (Lipinski definition) is 0. The van der Waals surface area contributed by atoms with Gasteiger partial charge in [0, 0.05) is 18.5 Å². The maximum Gasteiger partial charge on any atom is 0.410 e. The van der Waals surface area contributed by atoms with Gasteiger partial charge in [0.05, 0.1) is 6.54 Å². The zero-order valence-corrected chi connectivity index (χ0v) is 10.8. The van der Waals surface area contributed by atoms with Crippen molar-refractivity contribution in [3.05, 3.63) is 48.0 Å².